The number of benzene rings is 2. The van der Waals surface area contributed by atoms with Crippen molar-refractivity contribution in [1.82, 2.24) is 19.9 Å². The van der Waals surface area contributed by atoms with Crippen LogP contribution in [0.1, 0.15) is 25.3 Å². The molecule has 1 fully saturated rings. The van der Waals surface area contributed by atoms with Gasteiger partial charge >= 0.3 is 0 Å². The number of aromatic nitrogens is 3. The maximum absolute atomic E-state index is 10.7. The number of piperidine rings is 1. The molecule has 236 valence electrons. The minimum Gasteiger partial charge on any atom is -0.491 e. The maximum Gasteiger partial charge on any atom is 0.188 e. The maximum atomic E-state index is 10.7. The van der Waals surface area contributed by atoms with Crippen LogP contribution in [0.25, 0.3) is 16.9 Å². The number of likely N-dealkylation sites (tertiary alicyclic amines) is 1. The van der Waals surface area contributed by atoms with Crippen LogP contribution in [-0.4, -0.2) is 81.6 Å². The first-order valence-electron chi connectivity index (χ1n) is 13.5. The zero-order valence-corrected chi connectivity index (χ0v) is 34.7. The van der Waals surface area contributed by atoms with E-state index in [4.69, 9.17) is 9.47 Å². The van der Waals surface area contributed by atoms with E-state index in [1.165, 1.54) is 0 Å². The third kappa shape index (κ3) is 8.57. The van der Waals surface area contributed by atoms with Crippen molar-refractivity contribution in [3.05, 3.63) is 54.2 Å². The fourth-order valence-electron chi connectivity index (χ4n) is 4.92. The van der Waals surface area contributed by atoms with Crippen molar-refractivity contribution in [2.75, 3.05) is 26.3 Å². The summed E-state index contributed by atoms with van der Waals surface area (Å²) in [5, 5.41) is 29.3. The van der Waals surface area contributed by atoms with Crippen LogP contribution in [0.3, 0.4) is 0 Å². The number of halogens is 5. The summed E-state index contributed by atoms with van der Waals surface area (Å²) >= 11 is -1.35. The van der Waals surface area contributed by atoms with Gasteiger partial charge in [0, 0.05) is 30.1 Å². The summed E-state index contributed by atoms with van der Waals surface area (Å²) < 4.78 is 32.1. The highest BCUT2D eigenvalue weighted by Crippen LogP contribution is 2.72. The van der Waals surface area contributed by atoms with Crippen molar-refractivity contribution in [2.45, 2.75) is 33.5 Å². The largest absolute Gasteiger partial charge is 0.491 e. The van der Waals surface area contributed by atoms with Gasteiger partial charge in [0.05, 0.1) is 24.1 Å². The lowest BCUT2D eigenvalue weighted by molar-refractivity contribution is -0.0697. The third-order valence-corrected chi connectivity index (χ3v) is 50.9. The molecule has 3 heterocycles. The fourth-order valence-corrected chi connectivity index (χ4v) is 41.7. The molecule has 1 aromatic heterocycles. The third-order valence-electron chi connectivity index (χ3n) is 7.59. The molecule has 0 bridgehead atoms. The van der Waals surface area contributed by atoms with Gasteiger partial charge in [-0.05, 0) is 56.6 Å². The molecule has 1 saturated heterocycles. The van der Waals surface area contributed by atoms with Crippen molar-refractivity contribution < 1.29 is 19.7 Å². The molecule has 3 aromatic rings. The number of rotatable bonds is 14. The van der Waals surface area contributed by atoms with Crippen LogP contribution >= 0.6 is 93.5 Å². The van der Waals surface area contributed by atoms with Crippen molar-refractivity contribution in [3.63, 3.8) is 0 Å². The van der Waals surface area contributed by atoms with Crippen molar-refractivity contribution in [2.24, 2.45) is 5.92 Å². The molecular weight excluding hydrogens is 1110 g/mol. The minimum atomic E-state index is -1.07. The van der Waals surface area contributed by atoms with E-state index in [9.17, 15) is 10.2 Å². The van der Waals surface area contributed by atoms with Crippen LogP contribution in [0, 0.1) is 5.92 Å². The Hall–Kier alpha value is 0.190. The number of aliphatic hydroxyl groups excluding tert-OH is 1. The number of aliphatic hydroxyl groups is 2. The van der Waals surface area contributed by atoms with Crippen molar-refractivity contribution in [3.8, 4) is 28.4 Å². The molecule has 2 N–H and O–H groups in total. The van der Waals surface area contributed by atoms with Gasteiger partial charge in [-0.15, -0.1) is 5.10 Å². The summed E-state index contributed by atoms with van der Waals surface area (Å²) in [6, 6.07) is 14.3. The molecule has 0 saturated carbocycles. The molecule has 0 amide bonds. The summed E-state index contributed by atoms with van der Waals surface area (Å²) in [4.78, 5) is 2.35. The lowest BCUT2D eigenvalue weighted by Crippen LogP contribution is -2.47. The topological polar surface area (TPSA) is 92.9 Å². The molecular formula is C30H37I5N4O4. The van der Waals surface area contributed by atoms with Crippen LogP contribution in [0.2, 0.25) is 0 Å². The summed E-state index contributed by atoms with van der Waals surface area (Å²) in [6.07, 6.45) is 3.84. The second-order valence-corrected chi connectivity index (χ2v) is 40.9. The van der Waals surface area contributed by atoms with Crippen LogP contribution < -0.4 is 9.47 Å². The van der Waals surface area contributed by atoms with E-state index in [2.05, 4.69) is 51.5 Å². The average molecular weight is 1150 g/mol. The van der Waals surface area contributed by atoms with E-state index < -0.39 is 20.3 Å². The molecule has 3 atom stereocenters. The van der Waals surface area contributed by atoms with E-state index in [-0.39, 0.29) is 76.8 Å². The van der Waals surface area contributed by atoms with Gasteiger partial charge in [-0.25, -0.2) is 4.68 Å². The minimum absolute atomic E-state index is 0.0273. The summed E-state index contributed by atoms with van der Waals surface area (Å²) in [6.45, 7) is 4.71. The molecule has 8 nitrogen and oxygen atoms in total. The number of nitrogens with zero attached hydrogens (tertiary/aromatic N) is 4. The van der Waals surface area contributed by atoms with Gasteiger partial charge in [-0.2, -0.15) is 0 Å². The highest BCUT2D eigenvalue weighted by Gasteiger charge is 2.38. The highest BCUT2D eigenvalue weighted by atomic mass is 128. The number of hydrogen-bond acceptors (Lipinski definition) is 7. The van der Waals surface area contributed by atoms with Gasteiger partial charge in [0.1, 0.15) is 23.2 Å². The zero-order valence-electron chi connectivity index (χ0n) is 23.9. The van der Waals surface area contributed by atoms with Gasteiger partial charge < -0.3 is 19.7 Å². The predicted octanol–water partition coefficient (Wildman–Crippen LogP) is 6.63. The van der Waals surface area contributed by atoms with E-state index in [1.807, 2.05) is 30.5 Å². The zero-order chi connectivity index (χ0) is 30.6. The second-order valence-electron chi connectivity index (χ2n) is 10.6. The van der Waals surface area contributed by atoms with E-state index in [0.29, 0.717) is 22.6 Å². The van der Waals surface area contributed by atoms with Crippen LogP contribution in [0.4, 0.5) is 0 Å². The van der Waals surface area contributed by atoms with Crippen molar-refractivity contribution in [1.29, 1.82) is 0 Å². The average Bonchev–Trinajstić information content (AvgIpc) is 3.42. The SMILES string of the molecule is C=IC(Oc1cc(-c2cn(-c3ccc(OCC4(I=C)I=I4=C)cc3)nn2)ccc1CN1CCC[C@H]([C@](C)(O)CO)C1)I=C. The number of alkyl halides is 5. The number of hydrogen-bond donors (Lipinski definition) is 2. The Balaban J connectivity index is 1.32. The molecule has 13 heteroatoms. The molecule has 0 radical (unpaired) electrons. The molecule has 2 aliphatic heterocycles. The van der Waals surface area contributed by atoms with Crippen molar-refractivity contribution >= 4 is 112 Å². The Morgan fingerprint density at radius 1 is 1.21 bits per heavy atom. The van der Waals surface area contributed by atoms with Crippen LogP contribution in [-0.2, 0) is 6.54 Å². The van der Waals surface area contributed by atoms with Crippen LogP contribution in [0.15, 0.2) is 48.7 Å². The van der Waals surface area contributed by atoms with Gasteiger partial charge in [0.2, 0.25) is 0 Å². The van der Waals surface area contributed by atoms with Crippen LogP contribution in [0.5, 0.6) is 11.5 Å². The molecule has 2 aliphatic rings. The first-order valence-corrected chi connectivity index (χ1v) is 31.6. The molecule has 5 rings (SSSR count). The number of ether oxygens (including phenoxy) is 2. The smallest absolute Gasteiger partial charge is 0.188 e. The van der Waals surface area contributed by atoms with Gasteiger partial charge in [0.15, 0.2) is 2.12 Å². The Kier molecular flexibility index (Phi) is 12.4. The summed E-state index contributed by atoms with van der Waals surface area (Å²) in [7, 11) is 0. The first-order chi connectivity index (χ1) is 20.7. The molecule has 0 spiro atoms. The standard InChI is InChI=1S/C30H37I5N4O4/c1-29(41,19-40)23-7-6-14-38(17-23)16-22-9-8-21(15-27(22)43-28(31-2)32-3)26-18-39(37-36-26)24-10-12-25(13-11-24)42-20-30(33-4)34-35(30)5/h8-13,15,18,23,28,40-41H,2-7,14,16-17,19-20H2,1H3/t23-,29+,30?/m0/s1. The first kappa shape index (κ1) is 34.5. The predicted molar refractivity (Wildman–Crippen MR) is 224 cm³/mol. The van der Waals surface area contributed by atoms with Gasteiger partial charge in [0.25, 0.3) is 0 Å². The van der Waals surface area contributed by atoms with E-state index in [1.54, 1.807) is 11.6 Å². The van der Waals surface area contributed by atoms with E-state index in [0.717, 1.165) is 66.5 Å². The summed E-state index contributed by atoms with van der Waals surface area (Å²) in [5.74, 6) is 1.76. The quantitative estimate of drug-likeness (QED) is 0.139. The molecule has 2 aromatic carbocycles. The Morgan fingerprint density at radius 2 is 1.95 bits per heavy atom. The molecule has 0 aliphatic carbocycles. The second kappa shape index (κ2) is 15.4. The summed E-state index contributed by atoms with van der Waals surface area (Å²) in [5.41, 5.74) is 2.65. The van der Waals surface area contributed by atoms with Gasteiger partial charge in [-0.1, -0.05) is 129 Å². The van der Waals surface area contributed by atoms with E-state index >= 15 is 0 Å². The highest BCUT2D eigenvalue weighted by molar-refractivity contribution is 14.9. The normalized spacial score (nSPS) is 22.4. The Morgan fingerprint density at radius 3 is 2.60 bits per heavy atom. The fraction of sp³-hybridized carbons (Fsp3) is 0.400. The Bertz CT molecular complexity index is 1560. The molecule has 43 heavy (non-hydrogen) atoms. The lowest BCUT2D eigenvalue weighted by Gasteiger charge is -2.39. The van der Waals surface area contributed by atoms with Gasteiger partial charge in [-0.3, -0.25) is 4.90 Å². The molecule has 1 unspecified atom stereocenters. The Labute approximate surface area is 295 Å². The monoisotopic (exact) mass is 1150 g/mol. The lowest BCUT2D eigenvalue weighted by atomic mass is 9.83.